The number of guanidine groups is 1. The first-order chi connectivity index (χ1) is 33.9. The number of nitrogens with two attached hydrogens (primary N) is 2. The van der Waals surface area contributed by atoms with Gasteiger partial charge in [0.15, 0.2) is 5.96 Å². The molecule has 0 saturated carbocycles. The largest absolute Gasteiger partial charge is 0.481 e. The molecule has 2 bridgehead atoms. The van der Waals surface area contributed by atoms with Crippen LogP contribution in [0.1, 0.15) is 76.9 Å². The quantitative estimate of drug-likeness (QED) is 0.0216. The molecule has 4 rings (SSSR count). The first-order valence-electron chi connectivity index (χ1n) is 21.9. The van der Waals surface area contributed by atoms with Crippen LogP contribution in [0.25, 0.3) is 0 Å². The predicted molar refractivity (Wildman–Crippen MR) is 255 cm³/mol. The van der Waals surface area contributed by atoms with Crippen LogP contribution in [0.4, 0.5) is 5.82 Å². The maximum Gasteiger partial charge on any atom is 0.305 e. The number of carbonyl (C=O) groups is 9. The number of aliphatic imine (C=N–C) groups is 1. The van der Waals surface area contributed by atoms with Gasteiger partial charge in [-0.2, -0.15) is 13.5 Å². The maximum atomic E-state index is 14.1. The minimum atomic E-state index is -4.54. The van der Waals surface area contributed by atoms with Gasteiger partial charge in [-0.3, -0.25) is 58.1 Å². The number of hydrogen-bond acceptors (Lipinski definition) is 15. The standard InChI is InChI=1S/C44H55N13O14S/c1-23(2)37-43(68)57(3)31(8-6-12-47-44(45)46)42(67)51-22-34(58)53-29(16-35(59)60)40(65)49-18-24-13-25(15-28(14-24)39(64)55-37)19-50-41(66)30(17-36(61)62)54-38(63)27-10-11-33(48-20-27)56-52-21-26-7-4-5-9-32(26)72(69,70)71/h4-5,7,9-11,13-15,20-21,23,29-31,37H,6,8,12,16-19,22H2,1-3H3,(H,48,56)(H,49,65)(H,50,66)(H,51,67)(H,53,58)(H,54,63)(H,55,64)(H,59,60)(H,61,62)(H4,45,46,47)(H,69,70,71)/b52-21+/t29-,30-,31-,37+/m0/s1. The Bertz CT molecular complexity index is 2710. The van der Waals surface area contributed by atoms with E-state index in [2.05, 4.69) is 52.4 Å². The van der Waals surface area contributed by atoms with Crippen molar-refractivity contribution in [2.24, 2.45) is 27.5 Å². The number of anilines is 1. The molecular weight excluding hydrogens is 967 g/mol. The Hall–Kier alpha value is -8.53. The molecule has 0 aliphatic carbocycles. The number of fused-ring (bicyclic) bond motifs is 2. The molecule has 0 unspecified atom stereocenters. The van der Waals surface area contributed by atoms with Crippen molar-refractivity contribution in [3.05, 3.63) is 88.6 Å². The molecular formula is C44H55N13O14S. The predicted octanol–water partition coefficient (Wildman–Crippen LogP) is -2.00. The molecule has 72 heavy (non-hydrogen) atoms. The Kier molecular flexibility index (Phi) is 20.2. The van der Waals surface area contributed by atoms with E-state index in [9.17, 15) is 66.3 Å². The molecule has 386 valence electrons. The molecule has 0 spiro atoms. The highest BCUT2D eigenvalue weighted by molar-refractivity contribution is 7.86. The number of aromatic nitrogens is 1. The van der Waals surface area contributed by atoms with Gasteiger partial charge in [0, 0.05) is 44.0 Å². The monoisotopic (exact) mass is 1020 g/mol. The molecule has 0 fully saturated rings. The summed E-state index contributed by atoms with van der Waals surface area (Å²) < 4.78 is 32.8. The zero-order valence-corrected chi connectivity index (χ0v) is 39.9. The van der Waals surface area contributed by atoms with Crippen LogP contribution in [0.15, 0.2) is 75.8 Å². The second-order valence-corrected chi connectivity index (χ2v) is 17.8. The first-order valence-corrected chi connectivity index (χ1v) is 23.3. The molecule has 3 aromatic rings. The number of benzene rings is 2. The summed E-state index contributed by atoms with van der Waals surface area (Å²) in [5, 5.41) is 37.8. The molecule has 4 atom stereocenters. The Balaban J connectivity index is 1.59. The van der Waals surface area contributed by atoms with Gasteiger partial charge in [-0.15, -0.1) is 0 Å². The van der Waals surface area contributed by atoms with E-state index >= 15 is 0 Å². The van der Waals surface area contributed by atoms with Crippen molar-refractivity contribution in [1.82, 2.24) is 41.8 Å². The minimum absolute atomic E-state index is 0.00869. The summed E-state index contributed by atoms with van der Waals surface area (Å²) in [5.74, 6) is -9.64. The van der Waals surface area contributed by atoms with Crippen LogP contribution in [-0.2, 0) is 56.8 Å². The average Bonchev–Trinajstić information content (AvgIpc) is 3.31. The van der Waals surface area contributed by atoms with Gasteiger partial charge in [-0.1, -0.05) is 38.1 Å². The van der Waals surface area contributed by atoms with Crippen LogP contribution in [-0.4, -0.2) is 143 Å². The smallest absolute Gasteiger partial charge is 0.305 e. The number of amides is 7. The second-order valence-electron chi connectivity index (χ2n) is 16.5. The third-order valence-electron chi connectivity index (χ3n) is 10.6. The Morgan fingerprint density at radius 1 is 0.944 bits per heavy atom. The Morgan fingerprint density at radius 3 is 2.29 bits per heavy atom. The van der Waals surface area contributed by atoms with Crippen LogP contribution in [0.3, 0.4) is 0 Å². The third kappa shape index (κ3) is 17.2. The minimum Gasteiger partial charge on any atom is -0.481 e. The normalized spacial score (nSPS) is 17.5. The third-order valence-corrected chi connectivity index (χ3v) is 11.5. The van der Waals surface area contributed by atoms with Gasteiger partial charge in [-0.05, 0) is 60.2 Å². The van der Waals surface area contributed by atoms with Crippen molar-refractivity contribution in [3.8, 4) is 0 Å². The highest BCUT2D eigenvalue weighted by atomic mass is 32.2. The number of nitrogens with zero attached hydrogens (tertiary/aromatic N) is 4. The van der Waals surface area contributed by atoms with E-state index in [4.69, 9.17) is 11.5 Å². The summed E-state index contributed by atoms with van der Waals surface area (Å²) in [7, 11) is -3.22. The summed E-state index contributed by atoms with van der Waals surface area (Å²) in [6.07, 6.45) is 0.635. The van der Waals surface area contributed by atoms with E-state index < -0.39 is 124 Å². The molecule has 0 saturated heterocycles. The van der Waals surface area contributed by atoms with Crippen LogP contribution in [0.2, 0.25) is 0 Å². The molecule has 0 radical (unpaired) electrons. The number of hydrazone groups is 1. The van der Waals surface area contributed by atoms with Crippen LogP contribution in [0, 0.1) is 5.92 Å². The zero-order valence-electron chi connectivity index (χ0n) is 39.1. The summed E-state index contributed by atoms with van der Waals surface area (Å²) in [6, 6.07) is 6.43. The number of carboxylic acids is 2. The second kappa shape index (κ2) is 25.9. The van der Waals surface area contributed by atoms with E-state index in [1.165, 1.54) is 61.6 Å². The first kappa shape index (κ1) is 56.1. The number of carboxylic acid groups (broad SMARTS) is 2. The van der Waals surface area contributed by atoms with Gasteiger partial charge in [0.1, 0.15) is 34.9 Å². The van der Waals surface area contributed by atoms with E-state index in [1.807, 2.05) is 0 Å². The summed E-state index contributed by atoms with van der Waals surface area (Å²) in [6.45, 7) is 1.89. The topological polar surface area (TPSA) is 426 Å². The summed E-state index contributed by atoms with van der Waals surface area (Å²) in [4.78, 5) is 127. The Labute approximate surface area is 411 Å². The molecule has 14 N–H and O–H groups in total. The zero-order chi connectivity index (χ0) is 53.3. The van der Waals surface area contributed by atoms with Gasteiger partial charge < -0.3 is 58.5 Å². The summed E-state index contributed by atoms with van der Waals surface area (Å²) >= 11 is 0. The van der Waals surface area contributed by atoms with Gasteiger partial charge >= 0.3 is 11.9 Å². The van der Waals surface area contributed by atoms with Crippen LogP contribution < -0.4 is 48.8 Å². The van der Waals surface area contributed by atoms with Crippen LogP contribution >= 0.6 is 0 Å². The van der Waals surface area contributed by atoms with Gasteiger partial charge in [0.05, 0.1) is 31.2 Å². The lowest BCUT2D eigenvalue weighted by atomic mass is 9.99. The number of likely N-dealkylation sites (N-methyl/N-ethyl adjacent to an activating group) is 1. The number of rotatable bonds is 18. The van der Waals surface area contributed by atoms with E-state index in [0.29, 0.717) is 0 Å². The van der Waals surface area contributed by atoms with Gasteiger partial charge in [0.25, 0.3) is 21.9 Å². The number of pyridine rings is 1. The van der Waals surface area contributed by atoms with E-state index in [0.717, 1.165) is 17.3 Å². The van der Waals surface area contributed by atoms with Crippen molar-refractivity contribution in [2.45, 2.75) is 81.7 Å². The summed E-state index contributed by atoms with van der Waals surface area (Å²) in [5.41, 5.74) is 13.7. The van der Waals surface area contributed by atoms with Crippen molar-refractivity contribution >= 4 is 81.4 Å². The van der Waals surface area contributed by atoms with Gasteiger partial charge in [-0.25, -0.2) is 4.98 Å². The number of carbonyl (C=O) groups excluding carboxylic acids is 7. The molecule has 28 heteroatoms. The van der Waals surface area contributed by atoms with Crippen molar-refractivity contribution in [1.29, 1.82) is 0 Å². The van der Waals surface area contributed by atoms with E-state index in [1.54, 1.807) is 13.8 Å². The average molecular weight is 1020 g/mol. The molecule has 1 aliphatic rings. The van der Waals surface area contributed by atoms with Crippen molar-refractivity contribution < 1.29 is 66.3 Å². The fraction of sp³-hybridized carbons (Fsp3) is 0.364. The molecule has 2 aromatic carbocycles. The highest BCUT2D eigenvalue weighted by Gasteiger charge is 2.35. The number of aliphatic carboxylic acids is 2. The molecule has 27 nitrogen and oxygen atoms in total. The van der Waals surface area contributed by atoms with Gasteiger partial charge in [0.2, 0.25) is 29.5 Å². The lowest BCUT2D eigenvalue weighted by Crippen LogP contribution is -2.57. The van der Waals surface area contributed by atoms with Crippen LogP contribution in [0.5, 0.6) is 0 Å². The molecule has 7 amide bonds. The molecule has 1 aromatic heterocycles. The lowest BCUT2D eigenvalue weighted by molar-refractivity contribution is -0.142. The fourth-order valence-corrected chi connectivity index (χ4v) is 7.62. The lowest BCUT2D eigenvalue weighted by Gasteiger charge is -2.32. The fourth-order valence-electron chi connectivity index (χ4n) is 6.95. The van der Waals surface area contributed by atoms with Crippen molar-refractivity contribution in [2.75, 3.05) is 25.6 Å². The van der Waals surface area contributed by atoms with Crippen molar-refractivity contribution in [3.63, 3.8) is 0 Å². The number of hydrogen-bond donors (Lipinski definition) is 12. The Morgan fingerprint density at radius 2 is 1.65 bits per heavy atom. The SMILES string of the molecule is CC(C)[C@H]1NC(=O)c2cc(cc(CNC(=O)[C@H](CC(=O)O)NC(=O)c3ccc(N/N=C/c4ccccc4S(=O)(=O)O)nc3)c2)CNC(=O)[C@H](CC(=O)O)NC(=O)CNC(=O)[C@H](CCCN=C(N)N)N(C)C1=O. The van der Waals surface area contributed by atoms with E-state index in [-0.39, 0.29) is 65.5 Å². The maximum absolute atomic E-state index is 14.1. The molecule has 2 heterocycles. The molecule has 1 aliphatic heterocycles. The highest BCUT2D eigenvalue weighted by Crippen LogP contribution is 2.17. The number of nitrogens with one attached hydrogen (secondary N) is 7.